The lowest BCUT2D eigenvalue weighted by Gasteiger charge is -2.17. The molecule has 0 aliphatic carbocycles. The van der Waals surface area contributed by atoms with Gasteiger partial charge >= 0.3 is 0 Å². The number of nitrogen functional groups attached to an aromatic ring is 1. The van der Waals surface area contributed by atoms with Gasteiger partial charge < -0.3 is 24.8 Å². The Balaban J connectivity index is 2.55. The van der Waals surface area contributed by atoms with Gasteiger partial charge in [0.25, 0.3) is 0 Å². The third-order valence-electron chi connectivity index (χ3n) is 4.49. The number of nitrogens with zero attached hydrogens (tertiary/aromatic N) is 1. The highest BCUT2D eigenvalue weighted by Gasteiger charge is 2.17. The number of anilines is 2. The number of hydrogen-bond donors (Lipinski definition) is 1. The van der Waals surface area contributed by atoms with E-state index in [1.807, 2.05) is 44.1 Å². The van der Waals surface area contributed by atoms with Gasteiger partial charge in [0.05, 0.1) is 32.7 Å². The zero-order valence-corrected chi connectivity index (χ0v) is 17.3. The van der Waals surface area contributed by atoms with Crippen molar-refractivity contribution in [2.75, 3.05) is 46.1 Å². The summed E-state index contributed by atoms with van der Waals surface area (Å²) < 4.78 is 16.2. The van der Waals surface area contributed by atoms with Gasteiger partial charge in [-0.25, -0.2) is 0 Å². The molecule has 0 unspecified atom stereocenters. The second kappa shape index (κ2) is 9.17. The van der Waals surface area contributed by atoms with Crippen LogP contribution in [0.5, 0.6) is 17.2 Å². The number of carbonyl (C=O) groups excluding carboxylic acids is 1. The number of ether oxygens (including phenoxy) is 3. The molecule has 0 aliphatic rings. The van der Waals surface area contributed by atoms with Crippen LogP contribution in [0, 0.1) is 0 Å². The molecule has 150 valence electrons. The van der Waals surface area contributed by atoms with Crippen LogP contribution in [-0.4, -0.2) is 41.2 Å². The minimum Gasteiger partial charge on any atom is -0.497 e. The number of rotatable bonds is 8. The van der Waals surface area contributed by atoms with E-state index in [0.717, 1.165) is 5.69 Å². The molecule has 0 saturated carbocycles. The van der Waals surface area contributed by atoms with Crippen LogP contribution in [0.25, 0.3) is 6.08 Å². The molecule has 2 aromatic rings. The molecule has 0 fully saturated rings. The van der Waals surface area contributed by atoms with Crippen LogP contribution in [0.2, 0.25) is 0 Å². The van der Waals surface area contributed by atoms with Crippen molar-refractivity contribution in [2.24, 2.45) is 0 Å². The first kappa shape index (κ1) is 21.2. The number of carbonyl (C=O) groups is 1. The maximum absolute atomic E-state index is 13.1. The van der Waals surface area contributed by atoms with E-state index in [1.165, 1.54) is 0 Å². The molecule has 2 rings (SSSR count). The topological polar surface area (TPSA) is 74.0 Å². The van der Waals surface area contributed by atoms with Crippen molar-refractivity contribution >= 4 is 23.2 Å². The number of Topliss-reactive ketones (excluding diaryl/α,β-unsaturated/α-hetero) is 1. The Labute approximate surface area is 166 Å². The predicted molar refractivity (Wildman–Crippen MR) is 114 cm³/mol. The average Bonchev–Trinajstić information content (AvgIpc) is 2.70. The number of benzene rings is 2. The minimum absolute atomic E-state index is 0.0607. The first-order chi connectivity index (χ1) is 13.4. The molecular formula is C22H28N2O4. The molecule has 0 aliphatic heterocycles. The van der Waals surface area contributed by atoms with Gasteiger partial charge in [-0.2, -0.15) is 0 Å². The maximum atomic E-state index is 13.1. The number of methoxy groups -OCH3 is 3. The molecule has 6 heteroatoms. The standard InChI is InChI=1S/C22H28N2O4/c1-7-14(21(25)15-8-9-18(23)19(12-15)24(2)3)10-16-11-17(26-4)13-20(27-5)22(16)28-6/h8-13H,7,23H2,1-6H3/b14-10+. The fraction of sp³-hybridized carbons (Fsp3) is 0.318. The van der Waals surface area contributed by atoms with Crippen molar-refractivity contribution in [2.45, 2.75) is 13.3 Å². The first-order valence-electron chi connectivity index (χ1n) is 8.98. The highest BCUT2D eigenvalue weighted by atomic mass is 16.5. The minimum atomic E-state index is -0.0607. The average molecular weight is 384 g/mol. The molecule has 0 radical (unpaired) electrons. The van der Waals surface area contributed by atoms with Crippen molar-refractivity contribution in [3.8, 4) is 17.2 Å². The molecule has 2 aromatic carbocycles. The third-order valence-corrected chi connectivity index (χ3v) is 4.49. The first-order valence-corrected chi connectivity index (χ1v) is 8.98. The van der Waals surface area contributed by atoms with E-state index < -0.39 is 0 Å². The van der Waals surface area contributed by atoms with E-state index >= 15 is 0 Å². The van der Waals surface area contributed by atoms with Crippen LogP contribution in [0.3, 0.4) is 0 Å². The fourth-order valence-corrected chi connectivity index (χ4v) is 2.97. The van der Waals surface area contributed by atoms with Gasteiger partial charge in [-0.05, 0) is 36.8 Å². The van der Waals surface area contributed by atoms with Crippen LogP contribution in [0.15, 0.2) is 35.9 Å². The Morgan fingerprint density at radius 1 is 1.07 bits per heavy atom. The van der Waals surface area contributed by atoms with E-state index in [2.05, 4.69) is 0 Å². The van der Waals surface area contributed by atoms with Crippen LogP contribution in [0.4, 0.5) is 11.4 Å². The Morgan fingerprint density at radius 2 is 1.79 bits per heavy atom. The summed E-state index contributed by atoms with van der Waals surface area (Å²) in [5.74, 6) is 1.65. The molecule has 0 spiro atoms. The summed E-state index contributed by atoms with van der Waals surface area (Å²) in [5, 5.41) is 0. The highest BCUT2D eigenvalue weighted by molar-refractivity contribution is 6.12. The molecule has 2 N–H and O–H groups in total. The normalized spacial score (nSPS) is 11.1. The van der Waals surface area contributed by atoms with Gasteiger partial charge in [-0.1, -0.05) is 6.92 Å². The van der Waals surface area contributed by atoms with E-state index in [0.29, 0.717) is 46.1 Å². The molecular weight excluding hydrogens is 356 g/mol. The second-order valence-electron chi connectivity index (χ2n) is 6.47. The number of nitrogens with two attached hydrogens (primary N) is 1. The smallest absolute Gasteiger partial charge is 0.189 e. The zero-order chi connectivity index (χ0) is 20.8. The van der Waals surface area contributed by atoms with E-state index in [1.54, 1.807) is 39.5 Å². The molecule has 0 bridgehead atoms. The van der Waals surface area contributed by atoms with E-state index in [9.17, 15) is 4.79 Å². The summed E-state index contributed by atoms with van der Waals surface area (Å²) in [7, 11) is 8.50. The Hall–Kier alpha value is -3.15. The highest BCUT2D eigenvalue weighted by Crippen LogP contribution is 2.37. The molecule has 0 saturated heterocycles. The van der Waals surface area contributed by atoms with Crippen LogP contribution in [0.1, 0.15) is 29.3 Å². The molecule has 0 amide bonds. The van der Waals surface area contributed by atoms with Crippen molar-refractivity contribution in [3.05, 3.63) is 47.0 Å². The van der Waals surface area contributed by atoms with Crippen molar-refractivity contribution < 1.29 is 19.0 Å². The van der Waals surface area contributed by atoms with Crippen LogP contribution < -0.4 is 24.8 Å². The SMILES string of the molecule is CC/C(=C\c1cc(OC)cc(OC)c1OC)C(=O)c1ccc(N)c(N(C)C)c1. The fourth-order valence-electron chi connectivity index (χ4n) is 2.97. The maximum Gasteiger partial charge on any atom is 0.189 e. The lowest BCUT2D eigenvalue weighted by atomic mass is 9.97. The monoisotopic (exact) mass is 384 g/mol. The zero-order valence-electron chi connectivity index (χ0n) is 17.3. The second-order valence-corrected chi connectivity index (χ2v) is 6.47. The number of hydrogen-bond acceptors (Lipinski definition) is 6. The summed E-state index contributed by atoms with van der Waals surface area (Å²) in [6.07, 6.45) is 2.38. The van der Waals surface area contributed by atoms with Gasteiger partial charge in [-0.15, -0.1) is 0 Å². The molecule has 0 atom stereocenters. The Bertz CT molecular complexity index is 888. The van der Waals surface area contributed by atoms with E-state index in [-0.39, 0.29) is 5.78 Å². The molecule has 0 heterocycles. The summed E-state index contributed by atoms with van der Waals surface area (Å²) in [6.45, 7) is 1.94. The Morgan fingerprint density at radius 3 is 2.32 bits per heavy atom. The summed E-state index contributed by atoms with van der Waals surface area (Å²) in [4.78, 5) is 15.0. The van der Waals surface area contributed by atoms with Crippen LogP contribution >= 0.6 is 0 Å². The largest absolute Gasteiger partial charge is 0.497 e. The van der Waals surface area contributed by atoms with Gasteiger partial charge in [0, 0.05) is 36.9 Å². The van der Waals surface area contributed by atoms with Gasteiger partial charge in [0.1, 0.15) is 5.75 Å². The van der Waals surface area contributed by atoms with Crippen molar-refractivity contribution in [3.63, 3.8) is 0 Å². The molecule has 0 aromatic heterocycles. The number of ketones is 1. The quantitative estimate of drug-likeness (QED) is 0.421. The number of allylic oxidation sites excluding steroid dienone is 1. The predicted octanol–water partition coefficient (Wildman–Crippen LogP) is 4.04. The van der Waals surface area contributed by atoms with Crippen molar-refractivity contribution in [1.29, 1.82) is 0 Å². The summed E-state index contributed by atoms with van der Waals surface area (Å²) in [5.41, 5.74) is 9.39. The van der Waals surface area contributed by atoms with Gasteiger partial charge in [0.2, 0.25) is 0 Å². The lowest BCUT2D eigenvalue weighted by Crippen LogP contribution is -2.13. The summed E-state index contributed by atoms with van der Waals surface area (Å²) in [6, 6.07) is 8.87. The van der Waals surface area contributed by atoms with Crippen LogP contribution in [-0.2, 0) is 0 Å². The molecule has 6 nitrogen and oxygen atoms in total. The molecule has 28 heavy (non-hydrogen) atoms. The third kappa shape index (κ3) is 4.39. The lowest BCUT2D eigenvalue weighted by molar-refractivity contribution is 0.103. The van der Waals surface area contributed by atoms with Gasteiger partial charge in [-0.3, -0.25) is 4.79 Å². The Kier molecular flexibility index (Phi) is 6.93. The van der Waals surface area contributed by atoms with E-state index in [4.69, 9.17) is 19.9 Å². The van der Waals surface area contributed by atoms with Crippen molar-refractivity contribution in [1.82, 2.24) is 0 Å². The summed E-state index contributed by atoms with van der Waals surface area (Å²) >= 11 is 0. The van der Waals surface area contributed by atoms with Gasteiger partial charge in [0.15, 0.2) is 17.3 Å².